The van der Waals surface area contributed by atoms with Gasteiger partial charge in [-0.15, -0.1) is 11.3 Å². The van der Waals surface area contributed by atoms with E-state index < -0.39 is 17.8 Å². The maximum Gasteiger partial charge on any atom is 0.348 e. The van der Waals surface area contributed by atoms with Crippen molar-refractivity contribution in [2.45, 2.75) is 13.5 Å². The number of ether oxygens (including phenoxy) is 3. The lowest BCUT2D eigenvalue weighted by atomic mass is 10.1. The third kappa shape index (κ3) is 3.93. The second kappa shape index (κ2) is 8.18. The number of hydrogen-bond acceptors (Lipinski definition) is 6. The fourth-order valence-electron chi connectivity index (χ4n) is 2.64. The molecular weight excluding hydrogens is 371 g/mol. The summed E-state index contributed by atoms with van der Waals surface area (Å²) in [6.07, 6.45) is 0. The van der Waals surface area contributed by atoms with Crippen LogP contribution in [0, 0.1) is 5.82 Å². The molecule has 7 heteroatoms. The predicted octanol–water partition coefficient (Wildman–Crippen LogP) is 4.58. The van der Waals surface area contributed by atoms with E-state index in [-0.39, 0.29) is 23.5 Å². The highest BCUT2D eigenvalue weighted by atomic mass is 32.1. The maximum absolute atomic E-state index is 14.4. The maximum atomic E-state index is 14.4. The van der Waals surface area contributed by atoms with Crippen molar-refractivity contribution < 1.29 is 28.2 Å². The molecule has 0 spiro atoms. The lowest BCUT2D eigenvalue weighted by Crippen LogP contribution is -2.09. The van der Waals surface area contributed by atoms with Gasteiger partial charge in [-0.1, -0.05) is 12.1 Å². The number of carbonyl (C=O) groups excluding carboxylic acids is 2. The van der Waals surface area contributed by atoms with Gasteiger partial charge >= 0.3 is 11.9 Å². The van der Waals surface area contributed by atoms with Crippen LogP contribution in [0.1, 0.15) is 32.5 Å². The zero-order chi connectivity index (χ0) is 19.4. The summed E-state index contributed by atoms with van der Waals surface area (Å²) in [5.41, 5.74) is 0.606. The minimum Gasteiger partial charge on any atom is -0.497 e. The molecule has 0 atom stereocenters. The second-order valence-electron chi connectivity index (χ2n) is 5.55. The summed E-state index contributed by atoms with van der Waals surface area (Å²) >= 11 is 1.11. The van der Waals surface area contributed by atoms with E-state index in [0.29, 0.717) is 21.6 Å². The number of hydrogen-bond donors (Lipinski definition) is 0. The minimum atomic E-state index is -0.598. The van der Waals surface area contributed by atoms with Crippen molar-refractivity contribution in [3.63, 3.8) is 0 Å². The molecule has 0 N–H and O–H groups in total. The van der Waals surface area contributed by atoms with Crippen LogP contribution >= 0.6 is 11.3 Å². The molecular formula is C20H17FO5S. The van der Waals surface area contributed by atoms with Gasteiger partial charge in [-0.2, -0.15) is 0 Å². The molecule has 2 aromatic carbocycles. The van der Waals surface area contributed by atoms with Crippen LogP contribution in [0.5, 0.6) is 5.75 Å². The number of benzene rings is 2. The van der Waals surface area contributed by atoms with Gasteiger partial charge < -0.3 is 14.2 Å². The molecule has 1 aromatic heterocycles. The molecule has 140 valence electrons. The number of fused-ring (bicyclic) bond motifs is 1. The van der Waals surface area contributed by atoms with Gasteiger partial charge in [-0.3, -0.25) is 0 Å². The lowest BCUT2D eigenvalue weighted by Gasteiger charge is -2.08. The molecule has 27 heavy (non-hydrogen) atoms. The van der Waals surface area contributed by atoms with Crippen molar-refractivity contribution in [1.29, 1.82) is 0 Å². The number of rotatable bonds is 6. The first-order chi connectivity index (χ1) is 13.0. The van der Waals surface area contributed by atoms with E-state index in [1.165, 1.54) is 13.2 Å². The summed E-state index contributed by atoms with van der Waals surface area (Å²) in [5.74, 6) is -1.12. The summed E-state index contributed by atoms with van der Waals surface area (Å²) in [4.78, 5) is 24.8. The Labute approximate surface area is 159 Å². The van der Waals surface area contributed by atoms with Crippen molar-refractivity contribution in [3.05, 3.63) is 64.3 Å². The monoisotopic (exact) mass is 388 g/mol. The highest BCUT2D eigenvalue weighted by Gasteiger charge is 2.23. The van der Waals surface area contributed by atoms with Crippen molar-refractivity contribution in [3.8, 4) is 5.75 Å². The predicted molar refractivity (Wildman–Crippen MR) is 99.9 cm³/mol. The summed E-state index contributed by atoms with van der Waals surface area (Å²) in [6, 6.07) is 11.1. The van der Waals surface area contributed by atoms with E-state index in [1.807, 2.05) is 0 Å². The SMILES string of the molecule is CCOC(=O)c1sc2cccc(F)c2c1COC(=O)c1cccc(OC)c1. The van der Waals surface area contributed by atoms with Crippen molar-refractivity contribution in [2.75, 3.05) is 13.7 Å². The molecule has 3 aromatic rings. The zero-order valence-electron chi connectivity index (χ0n) is 14.8. The van der Waals surface area contributed by atoms with Crippen molar-refractivity contribution in [1.82, 2.24) is 0 Å². The molecule has 5 nitrogen and oxygen atoms in total. The topological polar surface area (TPSA) is 61.8 Å². The fourth-order valence-corrected chi connectivity index (χ4v) is 3.75. The fraction of sp³-hybridized carbons (Fsp3) is 0.200. The Hall–Kier alpha value is -2.93. The Bertz CT molecular complexity index is 995. The van der Waals surface area contributed by atoms with Crippen LogP contribution in [0.25, 0.3) is 10.1 Å². The number of esters is 2. The largest absolute Gasteiger partial charge is 0.497 e. The van der Waals surface area contributed by atoms with E-state index in [0.717, 1.165) is 11.3 Å². The summed E-state index contributed by atoms with van der Waals surface area (Å²) < 4.78 is 30.4. The molecule has 1 heterocycles. The number of halogens is 1. The molecule has 0 fully saturated rings. The van der Waals surface area contributed by atoms with Crippen LogP contribution in [0.15, 0.2) is 42.5 Å². The first kappa shape index (κ1) is 18.8. The Morgan fingerprint density at radius 2 is 1.85 bits per heavy atom. The van der Waals surface area contributed by atoms with E-state index in [4.69, 9.17) is 14.2 Å². The van der Waals surface area contributed by atoms with Crippen LogP contribution in [-0.2, 0) is 16.1 Å². The highest BCUT2D eigenvalue weighted by Crippen LogP contribution is 2.34. The van der Waals surface area contributed by atoms with Crippen LogP contribution in [0.2, 0.25) is 0 Å². The van der Waals surface area contributed by atoms with E-state index in [1.54, 1.807) is 43.3 Å². The number of carbonyl (C=O) groups is 2. The number of thiophene rings is 1. The first-order valence-electron chi connectivity index (χ1n) is 8.23. The molecule has 0 aliphatic heterocycles. The van der Waals surface area contributed by atoms with Gasteiger partial charge in [0, 0.05) is 15.6 Å². The van der Waals surface area contributed by atoms with E-state index in [2.05, 4.69) is 0 Å². The highest BCUT2D eigenvalue weighted by molar-refractivity contribution is 7.21. The Balaban J connectivity index is 1.92. The average molecular weight is 388 g/mol. The Kier molecular flexibility index (Phi) is 5.71. The molecule has 0 saturated heterocycles. The number of methoxy groups -OCH3 is 1. The Morgan fingerprint density at radius 3 is 2.59 bits per heavy atom. The van der Waals surface area contributed by atoms with E-state index >= 15 is 0 Å². The first-order valence-corrected chi connectivity index (χ1v) is 9.05. The summed E-state index contributed by atoms with van der Waals surface area (Å²) in [6.45, 7) is 1.64. The van der Waals surface area contributed by atoms with Crippen LogP contribution in [0.3, 0.4) is 0 Å². The normalized spacial score (nSPS) is 10.6. The molecule has 0 amide bonds. The van der Waals surface area contributed by atoms with Crippen LogP contribution in [-0.4, -0.2) is 25.7 Å². The van der Waals surface area contributed by atoms with Gasteiger partial charge in [-0.05, 0) is 37.3 Å². The quantitative estimate of drug-likeness (QED) is 0.578. The molecule has 0 aliphatic carbocycles. The molecule has 3 rings (SSSR count). The van der Waals surface area contributed by atoms with Crippen molar-refractivity contribution in [2.24, 2.45) is 0 Å². The standard InChI is InChI=1S/C20H17FO5S/c1-3-25-20(23)18-14(17-15(21)8-5-9-16(17)27-18)11-26-19(22)12-6-4-7-13(10-12)24-2/h4-10H,3,11H2,1-2H3. The van der Waals surface area contributed by atoms with Gasteiger partial charge in [0.15, 0.2) is 0 Å². The molecule has 0 bridgehead atoms. The molecule has 0 unspecified atom stereocenters. The molecule has 0 radical (unpaired) electrons. The average Bonchev–Trinajstić information content (AvgIpc) is 3.06. The summed E-state index contributed by atoms with van der Waals surface area (Å²) in [7, 11) is 1.50. The smallest absolute Gasteiger partial charge is 0.348 e. The van der Waals surface area contributed by atoms with Gasteiger partial charge in [-0.25, -0.2) is 14.0 Å². The van der Waals surface area contributed by atoms with Gasteiger partial charge in [0.2, 0.25) is 0 Å². The lowest BCUT2D eigenvalue weighted by molar-refractivity contribution is 0.0454. The van der Waals surface area contributed by atoms with Gasteiger partial charge in [0.05, 0.1) is 19.3 Å². The van der Waals surface area contributed by atoms with Gasteiger partial charge in [0.1, 0.15) is 23.1 Å². The zero-order valence-corrected chi connectivity index (χ0v) is 15.6. The third-order valence-corrected chi connectivity index (χ3v) is 5.05. The molecule has 0 saturated carbocycles. The second-order valence-corrected chi connectivity index (χ2v) is 6.60. The molecule has 0 aliphatic rings. The Morgan fingerprint density at radius 1 is 1.07 bits per heavy atom. The third-order valence-electron chi connectivity index (χ3n) is 3.88. The van der Waals surface area contributed by atoms with Crippen LogP contribution < -0.4 is 4.74 Å². The minimum absolute atomic E-state index is 0.193. The van der Waals surface area contributed by atoms with Crippen molar-refractivity contribution >= 4 is 33.4 Å². The van der Waals surface area contributed by atoms with E-state index in [9.17, 15) is 14.0 Å². The van der Waals surface area contributed by atoms with Gasteiger partial charge in [0.25, 0.3) is 0 Å². The van der Waals surface area contributed by atoms with Crippen LogP contribution in [0.4, 0.5) is 4.39 Å². The summed E-state index contributed by atoms with van der Waals surface area (Å²) in [5, 5.41) is 0.268.